The van der Waals surface area contributed by atoms with Crippen LogP contribution in [0.4, 0.5) is 0 Å². The third kappa shape index (κ3) is 7.76. The zero-order valence-corrected chi connectivity index (χ0v) is 11.2. The highest BCUT2D eigenvalue weighted by Gasteiger charge is 2.17. The minimum atomic E-state index is -0.128. The summed E-state index contributed by atoms with van der Waals surface area (Å²) < 4.78 is 10.0. The average Bonchev–Trinajstić information content (AvgIpc) is 2.21. The summed E-state index contributed by atoms with van der Waals surface area (Å²) in [4.78, 5) is 11.3. The smallest absolute Gasteiger partial charge is 0.234 e. The summed E-state index contributed by atoms with van der Waals surface area (Å²) in [6.07, 6.45) is 0. The first kappa shape index (κ1) is 14.9. The van der Waals surface area contributed by atoms with Crippen molar-refractivity contribution in [1.29, 1.82) is 0 Å². The highest BCUT2D eigenvalue weighted by molar-refractivity contribution is 9.10. The van der Waals surface area contributed by atoms with E-state index in [2.05, 4.69) is 21.2 Å². The molecule has 0 saturated carbocycles. The Labute approximate surface area is 99.8 Å². The standard InChI is InChI=1S/C10H20BrNO3/c1-8(2)9(11)10(13)12-4-5-15-7-6-14-3/h8-9H,4-7H2,1-3H3,(H,12,13). The van der Waals surface area contributed by atoms with Crippen LogP contribution in [0.1, 0.15) is 13.8 Å². The van der Waals surface area contributed by atoms with E-state index in [0.717, 1.165) is 0 Å². The number of carbonyl (C=O) groups is 1. The first-order valence-electron chi connectivity index (χ1n) is 5.08. The van der Waals surface area contributed by atoms with E-state index in [1.165, 1.54) is 0 Å². The average molecular weight is 282 g/mol. The molecule has 1 unspecified atom stereocenters. The van der Waals surface area contributed by atoms with Gasteiger partial charge >= 0.3 is 0 Å². The van der Waals surface area contributed by atoms with E-state index in [1.807, 2.05) is 13.8 Å². The van der Waals surface area contributed by atoms with Crippen molar-refractivity contribution in [2.75, 3.05) is 33.5 Å². The molecular formula is C10H20BrNO3. The van der Waals surface area contributed by atoms with E-state index in [1.54, 1.807) is 7.11 Å². The molecule has 0 fully saturated rings. The monoisotopic (exact) mass is 281 g/mol. The summed E-state index contributed by atoms with van der Waals surface area (Å²) in [6.45, 7) is 6.20. The molecular weight excluding hydrogens is 262 g/mol. The molecule has 1 amide bonds. The molecule has 0 radical (unpaired) electrons. The molecule has 0 aliphatic heterocycles. The van der Waals surface area contributed by atoms with Gasteiger partial charge in [0.1, 0.15) is 0 Å². The molecule has 15 heavy (non-hydrogen) atoms. The molecule has 0 aliphatic carbocycles. The van der Waals surface area contributed by atoms with E-state index < -0.39 is 0 Å². The fourth-order valence-electron chi connectivity index (χ4n) is 0.891. The molecule has 0 aromatic carbocycles. The number of halogens is 1. The van der Waals surface area contributed by atoms with Crippen LogP contribution in [0.5, 0.6) is 0 Å². The molecule has 0 bridgehead atoms. The maximum Gasteiger partial charge on any atom is 0.234 e. The predicted molar refractivity (Wildman–Crippen MR) is 63.3 cm³/mol. The fourth-order valence-corrected chi connectivity index (χ4v) is 1.05. The quantitative estimate of drug-likeness (QED) is 0.537. The highest BCUT2D eigenvalue weighted by Crippen LogP contribution is 2.11. The van der Waals surface area contributed by atoms with Gasteiger partial charge in [-0.25, -0.2) is 0 Å². The second kappa shape index (κ2) is 9.12. The second-order valence-corrected chi connectivity index (χ2v) is 4.53. The molecule has 0 aromatic heterocycles. The summed E-state index contributed by atoms with van der Waals surface area (Å²) in [7, 11) is 1.63. The largest absolute Gasteiger partial charge is 0.382 e. The normalized spacial score (nSPS) is 12.9. The third-order valence-corrected chi connectivity index (χ3v) is 3.29. The van der Waals surface area contributed by atoms with Gasteiger partial charge in [-0.3, -0.25) is 4.79 Å². The molecule has 0 aromatic rings. The minimum Gasteiger partial charge on any atom is -0.382 e. The Bertz CT molecular complexity index is 176. The van der Waals surface area contributed by atoms with Crippen molar-refractivity contribution in [1.82, 2.24) is 5.32 Å². The van der Waals surface area contributed by atoms with Crippen molar-refractivity contribution in [3.63, 3.8) is 0 Å². The molecule has 90 valence electrons. The number of hydrogen-bond acceptors (Lipinski definition) is 3. The van der Waals surface area contributed by atoms with E-state index in [9.17, 15) is 4.79 Å². The molecule has 0 rings (SSSR count). The van der Waals surface area contributed by atoms with Crippen molar-refractivity contribution in [3.8, 4) is 0 Å². The van der Waals surface area contributed by atoms with Crippen LogP contribution >= 0.6 is 15.9 Å². The van der Waals surface area contributed by atoms with Crippen LogP contribution in [-0.4, -0.2) is 44.2 Å². The molecule has 0 spiro atoms. The Hall–Kier alpha value is -0.130. The summed E-state index contributed by atoms with van der Waals surface area (Å²) in [6, 6.07) is 0. The lowest BCUT2D eigenvalue weighted by molar-refractivity contribution is -0.121. The van der Waals surface area contributed by atoms with Crippen LogP contribution in [0, 0.1) is 5.92 Å². The molecule has 1 N–H and O–H groups in total. The van der Waals surface area contributed by atoms with Gasteiger partial charge in [-0.1, -0.05) is 29.8 Å². The third-order valence-electron chi connectivity index (χ3n) is 1.81. The maximum atomic E-state index is 11.4. The Balaban J connectivity index is 3.39. The number of hydrogen-bond donors (Lipinski definition) is 1. The van der Waals surface area contributed by atoms with Gasteiger partial charge in [0.2, 0.25) is 5.91 Å². The van der Waals surface area contributed by atoms with Gasteiger partial charge in [0.05, 0.1) is 24.6 Å². The van der Waals surface area contributed by atoms with Crippen molar-refractivity contribution >= 4 is 21.8 Å². The molecule has 4 nitrogen and oxygen atoms in total. The van der Waals surface area contributed by atoms with Gasteiger partial charge in [-0.2, -0.15) is 0 Å². The van der Waals surface area contributed by atoms with Gasteiger partial charge in [-0.15, -0.1) is 0 Å². The van der Waals surface area contributed by atoms with Gasteiger partial charge in [-0.05, 0) is 5.92 Å². The van der Waals surface area contributed by atoms with Crippen LogP contribution < -0.4 is 5.32 Å². The van der Waals surface area contributed by atoms with Gasteiger partial charge in [0.15, 0.2) is 0 Å². The van der Waals surface area contributed by atoms with Crippen molar-refractivity contribution < 1.29 is 14.3 Å². The summed E-state index contributed by atoms with van der Waals surface area (Å²) in [5, 5.41) is 2.79. The Morgan fingerprint density at radius 1 is 1.33 bits per heavy atom. The van der Waals surface area contributed by atoms with E-state index in [-0.39, 0.29) is 10.7 Å². The molecule has 5 heteroatoms. The maximum absolute atomic E-state index is 11.4. The Morgan fingerprint density at radius 2 is 2.00 bits per heavy atom. The van der Waals surface area contributed by atoms with Crippen LogP contribution in [-0.2, 0) is 14.3 Å². The topological polar surface area (TPSA) is 47.6 Å². The lowest BCUT2D eigenvalue weighted by atomic mass is 10.1. The van der Waals surface area contributed by atoms with Crippen LogP contribution in [0.3, 0.4) is 0 Å². The van der Waals surface area contributed by atoms with Gasteiger partial charge in [0.25, 0.3) is 0 Å². The second-order valence-electron chi connectivity index (χ2n) is 3.54. The number of alkyl halides is 1. The number of carbonyl (C=O) groups excluding carboxylic acids is 1. The van der Waals surface area contributed by atoms with E-state index >= 15 is 0 Å². The summed E-state index contributed by atoms with van der Waals surface area (Å²) >= 11 is 3.33. The zero-order valence-electron chi connectivity index (χ0n) is 9.59. The lowest BCUT2D eigenvalue weighted by Gasteiger charge is -2.13. The Morgan fingerprint density at radius 3 is 2.53 bits per heavy atom. The van der Waals surface area contributed by atoms with Crippen molar-refractivity contribution in [3.05, 3.63) is 0 Å². The number of rotatable bonds is 8. The summed E-state index contributed by atoms with van der Waals surface area (Å²) in [5.41, 5.74) is 0. The number of methoxy groups -OCH3 is 1. The number of amides is 1. The summed E-state index contributed by atoms with van der Waals surface area (Å²) in [5.74, 6) is 0.305. The lowest BCUT2D eigenvalue weighted by Crippen LogP contribution is -2.36. The van der Waals surface area contributed by atoms with E-state index in [4.69, 9.17) is 9.47 Å². The van der Waals surface area contributed by atoms with Gasteiger partial charge in [0, 0.05) is 13.7 Å². The van der Waals surface area contributed by atoms with E-state index in [0.29, 0.717) is 32.3 Å². The first-order valence-corrected chi connectivity index (χ1v) is 5.99. The van der Waals surface area contributed by atoms with Crippen molar-refractivity contribution in [2.45, 2.75) is 18.7 Å². The van der Waals surface area contributed by atoms with Crippen molar-refractivity contribution in [2.24, 2.45) is 5.92 Å². The minimum absolute atomic E-state index is 0.0142. The van der Waals surface area contributed by atoms with Crippen LogP contribution in [0.25, 0.3) is 0 Å². The SMILES string of the molecule is COCCOCCNC(=O)C(Br)C(C)C. The number of nitrogens with one attached hydrogen (secondary N) is 1. The molecule has 0 saturated heterocycles. The molecule has 1 atom stereocenters. The Kier molecular flexibility index (Phi) is 9.04. The van der Waals surface area contributed by atoms with Crippen LogP contribution in [0.2, 0.25) is 0 Å². The van der Waals surface area contributed by atoms with Gasteiger partial charge < -0.3 is 14.8 Å². The number of ether oxygens (including phenoxy) is 2. The predicted octanol–water partition coefficient (Wildman–Crippen LogP) is 1.19. The highest BCUT2D eigenvalue weighted by atomic mass is 79.9. The fraction of sp³-hybridized carbons (Fsp3) is 0.900. The molecule has 0 heterocycles. The zero-order chi connectivity index (χ0) is 11.7. The van der Waals surface area contributed by atoms with Crippen LogP contribution in [0.15, 0.2) is 0 Å². The molecule has 0 aliphatic rings. The first-order chi connectivity index (χ1) is 7.09.